The van der Waals surface area contributed by atoms with Crippen LogP contribution in [0, 0.1) is 0 Å². The maximum Gasteiger partial charge on any atom is 0.122 e. The molecule has 0 N–H and O–H groups in total. The van der Waals surface area contributed by atoms with E-state index >= 15 is 0 Å². The first-order valence-corrected chi connectivity index (χ1v) is 9.93. The van der Waals surface area contributed by atoms with Crippen LogP contribution in [0.1, 0.15) is 35.4 Å². The van der Waals surface area contributed by atoms with Crippen LogP contribution in [0.3, 0.4) is 0 Å². The second-order valence-electron chi connectivity index (χ2n) is 7.62. The Morgan fingerprint density at radius 1 is 1.11 bits per heavy atom. The SMILES string of the molecule is COc1cccc2c1CCC[C@H]2CN(C)CCc1cccc2cccnc12. The van der Waals surface area contributed by atoms with Crippen LogP contribution in [0.4, 0.5) is 0 Å². The minimum absolute atomic E-state index is 0.597. The third-order valence-electron chi connectivity index (χ3n) is 5.82. The molecule has 0 unspecified atom stereocenters. The molecular formula is C24H28N2O. The van der Waals surface area contributed by atoms with Crippen LogP contribution in [-0.2, 0) is 12.8 Å². The number of aromatic nitrogens is 1. The lowest BCUT2D eigenvalue weighted by atomic mass is 9.82. The minimum Gasteiger partial charge on any atom is -0.496 e. The summed E-state index contributed by atoms with van der Waals surface area (Å²) in [5.41, 5.74) is 5.38. The molecule has 0 aliphatic heterocycles. The van der Waals surface area contributed by atoms with Crippen molar-refractivity contribution in [3.63, 3.8) is 0 Å². The summed E-state index contributed by atoms with van der Waals surface area (Å²) >= 11 is 0. The number of methoxy groups -OCH3 is 1. The Hall–Kier alpha value is -2.39. The quantitative estimate of drug-likeness (QED) is 0.629. The van der Waals surface area contributed by atoms with Crippen LogP contribution in [0.5, 0.6) is 5.75 Å². The predicted molar refractivity (Wildman–Crippen MR) is 112 cm³/mol. The number of ether oxygens (including phenoxy) is 1. The molecule has 1 aromatic heterocycles. The number of likely N-dealkylation sites (N-methyl/N-ethyl adjacent to an activating group) is 1. The van der Waals surface area contributed by atoms with Crippen molar-refractivity contribution in [3.8, 4) is 5.75 Å². The smallest absolute Gasteiger partial charge is 0.122 e. The van der Waals surface area contributed by atoms with E-state index in [1.807, 2.05) is 12.3 Å². The lowest BCUT2D eigenvalue weighted by Gasteiger charge is -2.30. The van der Waals surface area contributed by atoms with Crippen LogP contribution in [0.25, 0.3) is 10.9 Å². The van der Waals surface area contributed by atoms with Gasteiger partial charge in [-0.25, -0.2) is 0 Å². The summed E-state index contributed by atoms with van der Waals surface area (Å²) in [6.07, 6.45) is 6.57. The van der Waals surface area contributed by atoms with E-state index in [9.17, 15) is 0 Å². The minimum atomic E-state index is 0.597. The second-order valence-corrected chi connectivity index (χ2v) is 7.62. The molecule has 1 aliphatic carbocycles. The molecule has 4 rings (SSSR count). The fourth-order valence-electron chi connectivity index (χ4n) is 4.44. The summed E-state index contributed by atoms with van der Waals surface area (Å²) in [5, 5.41) is 1.23. The van der Waals surface area contributed by atoms with Crippen molar-refractivity contribution in [2.24, 2.45) is 0 Å². The van der Waals surface area contributed by atoms with E-state index in [0.717, 1.165) is 37.2 Å². The normalized spacial score (nSPS) is 16.5. The zero-order valence-corrected chi connectivity index (χ0v) is 16.3. The number of benzene rings is 2. The second kappa shape index (κ2) is 8.10. The maximum absolute atomic E-state index is 5.59. The molecule has 3 nitrogen and oxygen atoms in total. The van der Waals surface area contributed by atoms with E-state index in [1.165, 1.54) is 34.9 Å². The number of rotatable bonds is 6. The molecule has 0 saturated carbocycles. The Morgan fingerprint density at radius 2 is 1.96 bits per heavy atom. The Morgan fingerprint density at radius 3 is 2.85 bits per heavy atom. The first-order chi connectivity index (χ1) is 13.3. The molecular weight excluding hydrogens is 332 g/mol. The standard InChI is InChI=1S/C24H28N2O/c1-26(16-14-19-8-3-7-18-10-6-15-25-24(18)19)17-20-9-4-12-22-21(20)11-5-13-23(22)27-2/h3,5-8,10-11,13,15,20H,4,9,12,14,16-17H2,1-2H3/t20-/m0/s1. The van der Waals surface area contributed by atoms with Crippen molar-refractivity contribution in [1.82, 2.24) is 9.88 Å². The molecule has 3 aromatic rings. The highest BCUT2D eigenvalue weighted by Gasteiger charge is 2.23. The Balaban J connectivity index is 1.44. The van der Waals surface area contributed by atoms with Crippen LogP contribution < -0.4 is 4.74 Å². The molecule has 1 heterocycles. The lowest BCUT2D eigenvalue weighted by molar-refractivity contribution is 0.299. The van der Waals surface area contributed by atoms with E-state index in [4.69, 9.17) is 4.74 Å². The summed E-state index contributed by atoms with van der Waals surface area (Å²) in [7, 11) is 4.02. The van der Waals surface area contributed by atoms with E-state index in [-0.39, 0.29) is 0 Å². The van der Waals surface area contributed by atoms with Crippen LogP contribution in [0.2, 0.25) is 0 Å². The third-order valence-corrected chi connectivity index (χ3v) is 5.82. The molecule has 1 aliphatic rings. The molecule has 27 heavy (non-hydrogen) atoms. The highest BCUT2D eigenvalue weighted by atomic mass is 16.5. The van der Waals surface area contributed by atoms with E-state index < -0.39 is 0 Å². The predicted octanol–water partition coefficient (Wildman–Crippen LogP) is 4.84. The largest absolute Gasteiger partial charge is 0.496 e. The average molecular weight is 361 g/mol. The van der Waals surface area contributed by atoms with Gasteiger partial charge in [-0.2, -0.15) is 0 Å². The van der Waals surface area contributed by atoms with Crippen LogP contribution >= 0.6 is 0 Å². The molecule has 0 spiro atoms. The van der Waals surface area contributed by atoms with E-state index in [1.54, 1.807) is 7.11 Å². The summed E-state index contributed by atoms with van der Waals surface area (Å²) in [6, 6.07) is 17.2. The van der Waals surface area contributed by atoms with E-state index in [0.29, 0.717) is 5.92 Å². The Bertz CT molecular complexity index is 916. The maximum atomic E-state index is 5.59. The Labute approximate surface area is 162 Å². The first-order valence-electron chi connectivity index (χ1n) is 9.93. The van der Waals surface area contributed by atoms with Gasteiger partial charge in [0, 0.05) is 24.7 Å². The third kappa shape index (κ3) is 3.84. The Kier molecular flexibility index (Phi) is 5.40. The molecule has 1 atom stereocenters. The zero-order chi connectivity index (χ0) is 18.6. The summed E-state index contributed by atoms with van der Waals surface area (Å²) in [5.74, 6) is 1.65. The molecule has 2 aromatic carbocycles. The lowest BCUT2D eigenvalue weighted by Crippen LogP contribution is -2.28. The monoisotopic (exact) mass is 360 g/mol. The summed E-state index contributed by atoms with van der Waals surface area (Å²) < 4.78 is 5.59. The van der Waals surface area contributed by atoms with Gasteiger partial charge < -0.3 is 9.64 Å². The number of fused-ring (bicyclic) bond motifs is 2. The van der Waals surface area contributed by atoms with Gasteiger partial charge in [-0.3, -0.25) is 4.98 Å². The molecule has 140 valence electrons. The molecule has 0 saturated heterocycles. The summed E-state index contributed by atoms with van der Waals surface area (Å²) in [6.45, 7) is 2.14. The van der Waals surface area contributed by atoms with Gasteiger partial charge in [-0.05, 0) is 67.5 Å². The molecule has 0 amide bonds. The highest BCUT2D eigenvalue weighted by molar-refractivity contribution is 5.81. The van der Waals surface area contributed by atoms with Gasteiger partial charge in [0.05, 0.1) is 12.6 Å². The molecule has 0 bridgehead atoms. The van der Waals surface area contributed by atoms with Crippen molar-refractivity contribution in [2.45, 2.75) is 31.6 Å². The molecule has 0 fully saturated rings. The first kappa shape index (κ1) is 18.0. The fraction of sp³-hybridized carbons (Fsp3) is 0.375. The summed E-state index contributed by atoms with van der Waals surface area (Å²) in [4.78, 5) is 7.06. The van der Waals surface area contributed by atoms with Gasteiger partial charge in [0.1, 0.15) is 5.75 Å². The number of hydrogen-bond donors (Lipinski definition) is 0. The van der Waals surface area contributed by atoms with Gasteiger partial charge in [-0.15, -0.1) is 0 Å². The zero-order valence-electron chi connectivity index (χ0n) is 16.3. The number of para-hydroxylation sites is 1. The van der Waals surface area contributed by atoms with Gasteiger partial charge in [-0.1, -0.05) is 36.4 Å². The van der Waals surface area contributed by atoms with Crippen LogP contribution in [-0.4, -0.2) is 37.1 Å². The van der Waals surface area contributed by atoms with Crippen molar-refractivity contribution in [1.29, 1.82) is 0 Å². The topological polar surface area (TPSA) is 25.4 Å². The van der Waals surface area contributed by atoms with Gasteiger partial charge >= 0.3 is 0 Å². The van der Waals surface area contributed by atoms with Crippen LogP contribution in [0.15, 0.2) is 54.7 Å². The fourth-order valence-corrected chi connectivity index (χ4v) is 4.44. The van der Waals surface area contributed by atoms with Gasteiger partial charge in [0.15, 0.2) is 0 Å². The van der Waals surface area contributed by atoms with Crippen molar-refractivity contribution in [3.05, 3.63) is 71.4 Å². The molecule has 0 radical (unpaired) electrons. The van der Waals surface area contributed by atoms with Gasteiger partial charge in [0.25, 0.3) is 0 Å². The van der Waals surface area contributed by atoms with Crippen molar-refractivity contribution >= 4 is 10.9 Å². The highest BCUT2D eigenvalue weighted by Crippen LogP contribution is 2.36. The van der Waals surface area contributed by atoms with Crippen molar-refractivity contribution in [2.75, 3.05) is 27.2 Å². The van der Waals surface area contributed by atoms with Crippen molar-refractivity contribution < 1.29 is 4.74 Å². The number of hydrogen-bond acceptors (Lipinski definition) is 3. The van der Waals surface area contributed by atoms with Gasteiger partial charge in [0.2, 0.25) is 0 Å². The average Bonchev–Trinajstić information content (AvgIpc) is 2.72. The molecule has 3 heteroatoms. The van der Waals surface area contributed by atoms with E-state index in [2.05, 4.69) is 59.4 Å². The number of pyridine rings is 1. The number of nitrogens with zero attached hydrogens (tertiary/aromatic N) is 2.